The number of anilines is 1. The SMILES string of the molecule is COc1ccc(S(=O)(=O)N2CC(O)(c3ccccc3Cl)c3cc(Cl)ccc32)c(OC)c1. The molecule has 4 rings (SSSR count). The van der Waals surface area contributed by atoms with Crippen LogP contribution in [0.1, 0.15) is 11.1 Å². The summed E-state index contributed by atoms with van der Waals surface area (Å²) in [6.07, 6.45) is 0. The van der Waals surface area contributed by atoms with Crippen LogP contribution >= 0.6 is 23.2 Å². The van der Waals surface area contributed by atoms with Gasteiger partial charge in [0.2, 0.25) is 0 Å². The number of rotatable bonds is 5. The summed E-state index contributed by atoms with van der Waals surface area (Å²) < 4.78 is 39.0. The molecule has 0 aliphatic carbocycles. The summed E-state index contributed by atoms with van der Waals surface area (Å²) in [5.41, 5.74) is -0.640. The highest BCUT2D eigenvalue weighted by Crippen LogP contribution is 2.48. The molecule has 0 aromatic heterocycles. The number of fused-ring (bicyclic) bond motifs is 1. The van der Waals surface area contributed by atoms with E-state index in [-0.39, 0.29) is 17.2 Å². The smallest absolute Gasteiger partial charge is 0.268 e. The molecule has 6 nitrogen and oxygen atoms in total. The highest BCUT2D eigenvalue weighted by atomic mass is 35.5. The normalized spacial score (nSPS) is 18.0. The maximum absolute atomic E-state index is 13.7. The zero-order valence-electron chi connectivity index (χ0n) is 16.7. The van der Waals surface area contributed by atoms with Gasteiger partial charge in [-0.05, 0) is 36.4 Å². The summed E-state index contributed by atoms with van der Waals surface area (Å²) in [6.45, 7) is -0.274. The van der Waals surface area contributed by atoms with Gasteiger partial charge in [-0.15, -0.1) is 0 Å². The Kier molecular flexibility index (Phi) is 5.55. The molecule has 31 heavy (non-hydrogen) atoms. The minimum Gasteiger partial charge on any atom is -0.497 e. The standard InChI is InChI=1S/C22H19Cl2NO5S/c1-29-15-8-10-21(20(12-15)30-2)31(27,28)25-13-22(26,16-5-3-4-6-18(16)24)17-11-14(23)7-9-19(17)25/h3-12,26H,13H2,1-2H3. The number of nitrogens with zero attached hydrogens (tertiary/aromatic N) is 1. The third-order valence-corrected chi connectivity index (χ3v) is 7.67. The van der Waals surface area contributed by atoms with Gasteiger partial charge < -0.3 is 14.6 Å². The lowest BCUT2D eigenvalue weighted by molar-refractivity contribution is 0.101. The molecule has 0 amide bonds. The molecule has 9 heteroatoms. The van der Waals surface area contributed by atoms with Gasteiger partial charge in [-0.25, -0.2) is 8.42 Å². The summed E-state index contributed by atoms with van der Waals surface area (Å²) in [5.74, 6) is 0.583. The number of benzene rings is 3. The van der Waals surface area contributed by atoms with E-state index >= 15 is 0 Å². The summed E-state index contributed by atoms with van der Waals surface area (Å²) in [4.78, 5) is -0.0555. The Bertz CT molecular complexity index is 1260. The van der Waals surface area contributed by atoms with Gasteiger partial charge in [0.15, 0.2) is 0 Å². The molecule has 0 saturated heterocycles. The Morgan fingerprint density at radius 1 is 0.968 bits per heavy atom. The van der Waals surface area contributed by atoms with E-state index in [1.807, 2.05) is 0 Å². The molecule has 0 spiro atoms. The van der Waals surface area contributed by atoms with Gasteiger partial charge in [-0.1, -0.05) is 41.4 Å². The molecule has 0 fully saturated rings. The Labute approximate surface area is 190 Å². The van der Waals surface area contributed by atoms with Crippen LogP contribution < -0.4 is 13.8 Å². The van der Waals surface area contributed by atoms with Gasteiger partial charge in [0.25, 0.3) is 10.0 Å². The van der Waals surface area contributed by atoms with E-state index < -0.39 is 15.6 Å². The molecule has 1 N–H and O–H groups in total. The first-order valence-electron chi connectivity index (χ1n) is 9.24. The van der Waals surface area contributed by atoms with Crippen LogP contribution in [0.2, 0.25) is 10.0 Å². The van der Waals surface area contributed by atoms with Crippen molar-refractivity contribution in [3.63, 3.8) is 0 Å². The van der Waals surface area contributed by atoms with Gasteiger partial charge in [0.05, 0.1) is 26.5 Å². The number of ether oxygens (including phenoxy) is 2. The average molecular weight is 480 g/mol. The lowest BCUT2D eigenvalue weighted by Crippen LogP contribution is -2.38. The first kappa shape index (κ1) is 21.8. The quantitative estimate of drug-likeness (QED) is 0.584. The van der Waals surface area contributed by atoms with Gasteiger partial charge in [0, 0.05) is 27.2 Å². The van der Waals surface area contributed by atoms with E-state index in [1.165, 1.54) is 32.4 Å². The summed E-state index contributed by atoms with van der Waals surface area (Å²) in [6, 6.07) is 15.9. The Morgan fingerprint density at radius 3 is 2.39 bits per heavy atom. The van der Waals surface area contributed by atoms with Gasteiger partial charge in [-0.2, -0.15) is 0 Å². The molecule has 1 aliphatic rings. The molecular formula is C22H19Cl2NO5S. The van der Waals surface area contributed by atoms with Crippen LogP contribution in [0.4, 0.5) is 5.69 Å². The van der Waals surface area contributed by atoms with Gasteiger partial charge in [-0.3, -0.25) is 4.31 Å². The minimum absolute atomic E-state index is 0.0555. The van der Waals surface area contributed by atoms with Crippen molar-refractivity contribution in [2.24, 2.45) is 0 Å². The number of hydrogen-bond donors (Lipinski definition) is 1. The Balaban J connectivity index is 1.91. The number of methoxy groups -OCH3 is 2. The van der Waals surface area contributed by atoms with Crippen molar-refractivity contribution in [1.29, 1.82) is 0 Å². The molecule has 1 atom stereocenters. The van der Waals surface area contributed by atoms with E-state index in [2.05, 4.69) is 0 Å². The third-order valence-electron chi connectivity index (χ3n) is 5.30. The molecule has 162 valence electrons. The van der Waals surface area contributed by atoms with Crippen molar-refractivity contribution in [2.75, 3.05) is 25.1 Å². The van der Waals surface area contributed by atoms with E-state index in [9.17, 15) is 13.5 Å². The van der Waals surface area contributed by atoms with Gasteiger partial charge in [0.1, 0.15) is 22.0 Å². The largest absolute Gasteiger partial charge is 0.497 e. The molecule has 0 bridgehead atoms. The van der Waals surface area contributed by atoms with Crippen molar-refractivity contribution in [3.8, 4) is 11.5 Å². The van der Waals surface area contributed by atoms with Crippen LogP contribution in [0.25, 0.3) is 0 Å². The number of hydrogen-bond acceptors (Lipinski definition) is 5. The Hall–Kier alpha value is -2.45. The van der Waals surface area contributed by atoms with Crippen molar-refractivity contribution in [1.82, 2.24) is 0 Å². The minimum atomic E-state index is -4.12. The van der Waals surface area contributed by atoms with Gasteiger partial charge >= 0.3 is 0 Å². The fraction of sp³-hybridized carbons (Fsp3) is 0.182. The molecule has 1 heterocycles. The molecule has 0 radical (unpaired) electrons. The molecule has 1 aliphatic heterocycles. The number of halogens is 2. The second kappa shape index (κ2) is 7.91. The van der Waals surface area contributed by atoms with Crippen molar-refractivity contribution >= 4 is 38.9 Å². The van der Waals surface area contributed by atoms with Crippen LogP contribution in [-0.2, 0) is 15.6 Å². The monoisotopic (exact) mass is 479 g/mol. The highest BCUT2D eigenvalue weighted by Gasteiger charge is 2.48. The number of sulfonamides is 1. The predicted octanol–water partition coefficient (Wildman–Crippen LogP) is 4.46. The predicted molar refractivity (Wildman–Crippen MR) is 120 cm³/mol. The average Bonchev–Trinajstić information content (AvgIpc) is 3.07. The van der Waals surface area contributed by atoms with E-state index in [4.69, 9.17) is 32.7 Å². The zero-order valence-corrected chi connectivity index (χ0v) is 19.0. The summed E-state index contributed by atoms with van der Waals surface area (Å²) in [7, 11) is -1.26. The maximum Gasteiger partial charge on any atom is 0.268 e. The topological polar surface area (TPSA) is 76.1 Å². The second-order valence-corrected chi connectivity index (χ2v) is 9.70. The Morgan fingerprint density at radius 2 is 1.71 bits per heavy atom. The van der Waals surface area contributed by atoms with E-state index in [0.29, 0.717) is 32.6 Å². The highest BCUT2D eigenvalue weighted by molar-refractivity contribution is 7.93. The maximum atomic E-state index is 13.7. The summed E-state index contributed by atoms with van der Waals surface area (Å²) >= 11 is 12.6. The molecule has 3 aromatic carbocycles. The molecule has 3 aromatic rings. The number of aliphatic hydroxyl groups is 1. The van der Waals surface area contributed by atoms with Crippen LogP contribution in [0, 0.1) is 0 Å². The van der Waals surface area contributed by atoms with Crippen LogP contribution in [0.5, 0.6) is 11.5 Å². The second-order valence-electron chi connectivity index (χ2n) is 7.03. The zero-order chi connectivity index (χ0) is 22.4. The van der Waals surface area contributed by atoms with Crippen LogP contribution in [-0.4, -0.2) is 34.3 Å². The van der Waals surface area contributed by atoms with Crippen LogP contribution in [0.15, 0.2) is 65.6 Å². The molecule has 1 unspecified atom stereocenters. The number of β-amino-alcohol motifs (C(OH)–C–C–N with tert-alkyl or cyclic N) is 1. The van der Waals surface area contributed by atoms with Crippen molar-refractivity contribution in [3.05, 3.63) is 81.8 Å². The van der Waals surface area contributed by atoms with Crippen molar-refractivity contribution in [2.45, 2.75) is 10.5 Å². The molecular weight excluding hydrogens is 461 g/mol. The third kappa shape index (κ3) is 3.51. The fourth-order valence-electron chi connectivity index (χ4n) is 3.78. The first-order chi connectivity index (χ1) is 14.7. The molecule has 0 saturated carbocycles. The first-order valence-corrected chi connectivity index (χ1v) is 11.4. The van der Waals surface area contributed by atoms with E-state index in [1.54, 1.807) is 42.5 Å². The van der Waals surface area contributed by atoms with E-state index in [0.717, 1.165) is 4.31 Å². The summed E-state index contributed by atoms with van der Waals surface area (Å²) in [5, 5.41) is 12.4. The van der Waals surface area contributed by atoms with Crippen LogP contribution in [0.3, 0.4) is 0 Å². The fourth-order valence-corrected chi connectivity index (χ4v) is 5.90. The van der Waals surface area contributed by atoms with Crippen molar-refractivity contribution < 1.29 is 23.0 Å². The lowest BCUT2D eigenvalue weighted by Gasteiger charge is -2.26. The lowest BCUT2D eigenvalue weighted by atomic mass is 9.88.